The molecule has 0 saturated carbocycles. The predicted molar refractivity (Wildman–Crippen MR) is 62.7 cm³/mol. The average Bonchev–Trinajstić information content (AvgIpc) is 2.65. The molecule has 2 N–H and O–H groups in total. The van der Waals surface area contributed by atoms with E-state index in [1.807, 2.05) is 0 Å². The third kappa shape index (κ3) is 2.03. The molecular formula is C10H9N3O4S. The Labute approximate surface area is 107 Å². The molecule has 7 nitrogen and oxygen atoms in total. The van der Waals surface area contributed by atoms with Crippen LogP contribution in [0.2, 0.25) is 0 Å². The molecule has 1 aromatic rings. The Hall–Kier alpha value is -2.06. The van der Waals surface area contributed by atoms with Gasteiger partial charge in [0.25, 0.3) is 0 Å². The molecule has 94 valence electrons. The van der Waals surface area contributed by atoms with Gasteiger partial charge in [-0.2, -0.15) is 5.01 Å². The van der Waals surface area contributed by atoms with E-state index >= 15 is 0 Å². The van der Waals surface area contributed by atoms with Crippen LogP contribution in [0.4, 0.5) is 4.79 Å². The smallest absolute Gasteiger partial charge is 0.452 e. The van der Waals surface area contributed by atoms with E-state index in [2.05, 4.69) is 4.98 Å². The summed E-state index contributed by atoms with van der Waals surface area (Å²) in [6, 6.07) is 3.43. The Kier molecular flexibility index (Phi) is 3.21. The highest BCUT2D eigenvalue weighted by atomic mass is 32.1. The lowest BCUT2D eigenvalue weighted by Crippen LogP contribution is -2.46. The summed E-state index contributed by atoms with van der Waals surface area (Å²) in [6.45, 7) is 0. The van der Waals surface area contributed by atoms with Crippen LogP contribution in [0, 0.1) is 0 Å². The first-order valence-electron chi connectivity index (χ1n) is 5.01. The zero-order valence-electron chi connectivity index (χ0n) is 9.05. The van der Waals surface area contributed by atoms with Crippen LogP contribution in [0.1, 0.15) is 17.9 Å². The van der Waals surface area contributed by atoms with Gasteiger partial charge in [0.1, 0.15) is 4.99 Å². The highest BCUT2D eigenvalue weighted by Gasteiger charge is 2.41. The minimum Gasteiger partial charge on any atom is -0.462 e. The number of pyridine rings is 1. The molecule has 1 atom stereocenters. The molecule has 1 saturated heterocycles. The van der Waals surface area contributed by atoms with E-state index in [1.165, 1.54) is 0 Å². The number of carboxylic acid groups (broad SMARTS) is 1. The maximum absolute atomic E-state index is 11.7. The SMILES string of the molecule is O=C(O)N(O)N1C(=O)CC(c2cccnc2)C1=S. The van der Waals surface area contributed by atoms with Crippen molar-refractivity contribution in [1.82, 2.24) is 15.2 Å². The van der Waals surface area contributed by atoms with E-state index in [-0.39, 0.29) is 16.6 Å². The van der Waals surface area contributed by atoms with Crippen LogP contribution < -0.4 is 0 Å². The van der Waals surface area contributed by atoms with Crippen molar-refractivity contribution in [2.75, 3.05) is 0 Å². The summed E-state index contributed by atoms with van der Waals surface area (Å²) in [7, 11) is 0. The summed E-state index contributed by atoms with van der Waals surface area (Å²) in [6.07, 6.45) is 1.47. The molecule has 0 spiro atoms. The van der Waals surface area contributed by atoms with Gasteiger partial charge in [-0.1, -0.05) is 23.5 Å². The number of nitrogens with zero attached hydrogens (tertiary/aromatic N) is 3. The number of thiocarbonyl (C=S) groups is 1. The van der Waals surface area contributed by atoms with Crippen LogP contribution in [0.15, 0.2) is 24.5 Å². The fourth-order valence-electron chi connectivity index (χ4n) is 1.75. The standard InChI is InChI=1S/C10H9N3O4S/c14-8-4-7(6-2-1-3-11-5-6)9(18)12(8)13(17)10(15)16/h1-3,5,7,17H,4H2,(H,15,16). The van der Waals surface area contributed by atoms with Crippen molar-refractivity contribution in [1.29, 1.82) is 0 Å². The number of hydroxylamine groups is 1. The molecule has 1 aromatic heterocycles. The number of hydrogen-bond donors (Lipinski definition) is 2. The number of rotatable bonds is 2. The molecule has 2 heterocycles. The normalized spacial score (nSPS) is 19.2. The van der Waals surface area contributed by atoms with E-state index in [9.17, 15) is 14.8 Å². The van der Waals surface area contributed by atoms with Gasteiger partial charge in [0, 0.05) is 24.7 Å². The molecule has 1 fully saturated rings. The summed E-state index contributed by atoms with van der Waals surface area (Å²) in [5.74, 6) is -1.02. The molecule has 0 radical (unpaired) electrons. The first-order valence-corrected chi connectivity index (χ1v) is 5.41. The molecule has 18 heavy (non-hydrogen) atoms. The summed E-state index contributed by atoms with van der Waals surface area (Å²) < 4.78 is 0. The number of aromatic nitrogens is 1. The Morgan fingerprint density at radius 3 is 2.89 bits per heavy atom. The Morgan fingerprint density at radius 2 is 2.33 bits per heavy atom. The Morgan fingerprint density at radius 1 is 1.61 bits per heavy atom. The van der Waals surface area contributed by atoms with Gasteiger partial charge < -0.3 is 5.11 Å². The fraction of sp³-hybridized carbons (Fsp3) is 0.200. The molecule has 1 aliphatic heterocycles. The van der Waals surface area contributed by atoms with Crippen LogP contribution in [-0.4, -0.2) is 42.5 Å². The number of hydrogen-bond acceptors (Lipinski definition) is 5. The average molecular weight is 267 g/mol. The highest BCUT2D eigenvalue weighted by molar-refractivity contribution is 7.80. The second kappa shape index (κ2) is 4.67. The van der Waals surface area contributed by atoms with E-state index < -0.39 is 17.9 Å². The molecule has 1 unspecified atom stereocenters. The van der Waals surface area contributed by atoms with Gasteiger partial charge in [-0.3, -0.25) is 15.0 Å². The van der Waals surface area contributed by atoms with Crippen LogP contribution in [0.3, 0.4) is 0 Å². The van der Waals surface area contributed by atoms with E-state index in [4.69, 9.17) is 17.3 Å². The van der Waals surface area contributed by atoms with Crippen molar-refractivity contribution in [3.8, 4) is 0 Å². The Bertz CT molecular complexity index is 507. The van der Waals surface area contributed by atoms with Gasteiger partial charge in [-0.05, 0) is 11.6 Å². The van der Waals surface area contributed by atoms with Gasteiger partial charge in [0.2, 0.25) is 5.91 Å². The first-order chi connectivity index (χ1) is 8.52. The third-order valence-corrected chi connectivity index (χ3v) is 3.03. The van der Waals surface area contributed by atoms with Gasteiger partial charge in [-0.15, -0.1) is 0 Å². The zero-order chi connectivity index (χ0) is 13.3. The van der Waals surface area contributed by atoms with Crippen LogP contribution in [0.5, 0.6) is 0 Å². The number of carbonyl (C=O) groups excluding carboxylic acids is 1. The first kappa shape index (κ1) is 12.4. The Balaban J connectivity index is 2.27. The van der Waals surface area contributed by atoms with Gasteiger partial charge in [-0.25, -0.2) is 4.79 Å². The lowest BCUT2D eigenvalue weighted by atomic mass is 10.0. The largest absolute Gasteiger partial charge is 0.462 e. The maximum Gasteiger partial charge on any atom is 0.452 e. The molecule has 8 heteroatoms. The number of carbonyl (C=O) groups is 2. The number of hydrazine groups is 1. The molecule has 0 aromatic carbocycles. The van der Waals surface area contributed by atoms with Crippen LogP contribution in [0.25, 0.3) is 0 Å². The fourth-order valence-corrected chi connectivity index (χ4v) is 2.14. The monoisotopic (exact) mass is 267 g/mol. The van der Waals surface area contributed by atoms with E-state index in [0.29, 0.717) is 10.6 Å². The molecule has 0 aliphatic carbocycles. The van der Waals surface area contributed by atoms with Crippen molar-refractivity contribution in [2.24, 2.45) is 0 Å². The molecule has 1 aliphatic rings. The van der Waals surface area contributed by atoms with Gasteiger partial charge in [0.05, 0.1) is 0 Å². The minimum absolute atomic E-state index is 0.00880. The summed E-state index contributed by atoms with van der Waals surface area (Å²) in [5.41, 5.74) is 0.706. The summed E-state index contributed by atoms with van der Waals surface area (Å²) >= 11 is 5.03. The lowest BCUT2D eigenvalue weighted by molar-refractivity contribution is -0.185. The van der Waals surface area contributed by atoms with Crippen molar-refractivity contribution < 1.29 is 19.9 Å². The van der Waals surface area contributed by atoms with Crippen molar-refractivity contribution in [3.05, 3.63) is 30.1 Å². The minimum atomic E-state index is -1.67. The molecule has 2 amide bonds. The summed E-state index contributed by atoms with van der Waals surface area (Å²) in [4.78, 5) is 26.2. The topological polar surface area (TPSA) is 94.0 Å². The predicted octanol–water partition coefficient (Wildman–Crippen LogP) is 1.01. The van der Waals surface area contributed by atoms with Crippen LogP contribution in [-0.2, 0) is 4.79 Å². The quantitative estimate of drug-likeness (QED) is 0.472. The second-order valence-electron chi connectivity index (χ2n) is 3.66. The third-order valence-electron chi connectivity index (χ3n) is 2.57. The maximum atomic E-state index is 11.7. The van der Waals surface area contributed by atoms with E-state index in [0.717, 1.165) is 0 Å². The van der Waals surface area contributed by atoms with E-state index in [1.54, 1.807) is 24.5 Å². The van der Waals surface area contributed by atoms with Gasteiger partial charge >= 0.3 is 6.09 Å². The van der Waals surface area contributed by atoms with Crippen molar-refractivity contribution in [2.45, 2.75) is 12.3 Å². The lowest BCUT2D eigenvalue weighted by Gasteiger charge is -2.22. The number of amides is 2. The molecule has 0 bridgehead atoms. The molecule has 2 rings (SSSR count). The highest BCUT2D eigenvalue weighted by Crippen LogP contribution is 2.30. The van der Waals surface area contributed by atoms with Crippen LogP contribution >= 0.6 is 12.2 Å². The zero-order valence-corrected chi connectivity index (χ0v) is 9.87. The van der Waals surface area contributed by atoms with Crippen molar-refractivity contribution >= 4 is 29.2 Å². The van der Waals surface area contributed by atoms with Crippen molar-refractivity contribution in [3.63, 3.8) is 0 Å². The molecular weight excluding hydrogens is 258 g/mol. The summed E-state index contributed by atoms with van der Waals surface area (Å²) in [5, 5.41) is 18.3. The second-order valence-corrected chi connectivity index (χ2v) is 4.08. The van der Waals surface area contributed by atoms with Gasteiger partial charge in [0.15, 0.2) is 0 Å².